The van der Waals surface area contributed by atoms with Gasteiger partial charge in [0.05, 0.1) is 12.6 Å². The fourth-order valence-corrected chi connectivity index (χ4v) is 3.70. The fourth-order valence-electron chi connectivity index (χ4n) is 3.70. The van der Waals surface area contributed by atoms with E-state index in [1.165, 1.54) is 18.5 Å². The molecule has 0 bridgehead atoms. The molecule has 2 N–H and O–H groups in total. The highest BCUT2D eigenvalue weighted by Crippen LogP contribution is 2.35. The maximum atomic E-state index is 13.1. The molecule has 0 saturated heterocycles. The fraction of sp³-hybridized carbons (Fsp3) is 0.318. The third-order valence-corrected chi connectivity index (χ3v) is 5.44. The van der Waals surface area contributed by atoms with Crippen LogP contribution in [0.3, 0.4) is 0 Å². The highest BCUT2D eigenvalue weighted by Gasteiger charge is 2.34. The number of aryl methyl sites for hydroxylation is 1. The first-order valence-corrected chi connectivity index (χ1v) is 10.1. The number of nitrogens with one attached hydrogen (secondary N) is 2. The van der Waals surface area contributed by atoms with Gasteiger partial charge < -0.3 is 25.0 Å². The number of hydrogen-bond donors (Lipinski definition) is 2. The lowest BCUT2D eigenvalue weighted by Crippen LogP contribution is -2.27. The number of aromatic nitrogens is 1. The molecular formula is C22H21F3N4O4. The SMILES string of the molecule is Cc1cc(C(C)N2Cc3c(ccnc3NC(=O)C3=COCN3)C2=O)ccc1OCC(F)(F)F. The van der Waals surface area contributed by atoms with Crippen LogP contribution in [-0.4, -0.2) is 41.2 Å². The van der Waals surface area contributed by atoms with E-state index < -0.39 is 18.7 Å². The zero-order chi connectivity index (χ0) is 23.8. The number of fused-ring (bicyclic) bond motifs is 1. The molecule has 4 rings (SSSR count). The monoisotopic (exact) mass is 462 g/mol. The molecule has 1 unspecified atom stereocenters. The largest absolute Gasteiger partial charge is 0.484 e. The maximum Gasteiger partial charge on any atom is 0.422 e. The Morgan fingerprint density at radius 3 is 2.82 bits per heavy atom. The Hall–Kier alpha value is -3.76. The van der Waals surface area contributed by atoms with Crippen molar-refractivity contribution in [1.29, 1.82) is 0 Å². The van der Waals surface area contributed by atoms with Crippen LogP contribution in [0.25, 0.3) is 0 Å². The molecule has 3 heterocycles. The summed E-state index contributed by atoms with van der Waals surface area (Å²) >= 11 is 0. The molecule has 2 amide bonds. The van der Waals surface area contributed by atoms with Gasteiger partial charge >= 0.3 is 6.18 Å². The average molecular weight is 462 g/mol. The third kappa shape index (κ3) is 4.71. The molecule has 0 aliphatic carbocycles. The Kier molecular flexibility index (Phi) is 5.88. The normalized spacial score (nSPS) is 16.0. The summed E-state index contributed by atoms with van der Waals surface area (Å²) < 4.78 is 47.2. The molecule has 8 nitrogen and oxygen atoms in total. The van der Waals surface area contributed by atoms with Crippen molar-refractivity contribution in [1.82, 2.24) is 15.2 Å². The summed E-state index contributed by atoms with van der Waals surface area (Å²) in [7, 11) is 0. The minimum Gasteiger partial charge on any atom is -0.484 e. The van der Waals surface area contributed by atoms with E-state index in [2.05, 4.69) is 15.6 Å². The van der Waals surface area contributed by atoms with Crippen LogP contribution in [0.4, 0.5) is 19.0 Å². The number of anilines is 1. The summed E-state index contributed by atoms with van der Waals surface area (Å²) in [6.45, 7) is 2.52. The lowest BCUT2D eigenvalue weighted by Gasteiger charge is -2.25. The number of alkyl halides is 3. The summed E-state index contributed by atoms with van der Waals surface area (Å²) in [6, 6.07) is 6.02. The Morgan fingerprint density at radius 2 is 2.15 bits per heavy atom. The van der Waals surface area contributed by atoms with E-state index in [1.54, 1.807) is 30.0 Å². The number of ether oxygens (including phenoxy) is 2. The number of pyridine rings is 1. The molecule has 2 aromatic rings. The van der Waals surface area contributed by atoms with E-state index >= 15 is 0 Å². The topological polar surface area (TPSA) is 92.8 Å². The Balaban J connectivity index is 1.51. The van der Waals surface area contributed by atoms with Crippen molar-refractivity contribution in [3.8, 4) is 5.75 Å². The van der Waals surface area contributed by atoms with Gasteiger partial charge in [-0.2, -0.15) is 13.2 Å². The minimum atomic E-state index is -4.43. The summed E-state index contributed by atoms with van der Waals surface area (Å²) in [4.78, 5) is 31.3. The van der Waals surface area contributed by atoms with Gasteiger partial charge in [-0.15, -0.1) is 0 Å². The standard InChI is InChI=1S/C22H21F3N4O4/c1-12-7-14(3-4-18(12)33-10-22(23,24)25)13(2)29-8-16-15(21(29)31)5-6-26-19(16)28-20(30)17-9-32-11-27-17/h3-7,9,13,27H,8,10-11H2,1-2H3,(H,26,28,30). The first-order chi connectivity index (χ1) is 15.6. The Morgan fingerprint density at radius 1 is 1.36 bits per heavy atom. The van der Waals surface area contributed by atoms with E-state index in [4.69, 9.17) is 9.47 Å². The molecule has 1 atom stereocenters. The second kappa shape index (κ2) is 8.64. The van der Waals surface area contributed by atoms with Crippen LogP contribution in [0, 0.1) is 6.92 Å². The zero-order valence-electron chi connectivity index (χ0n) is 17.8. The zero-order valence-corrected chi connectivity index (χ0v) is 17.8. The number of nitrogens with zero attached hydrogens (tertiary/aromatic N) is 2. The number of amides is 2. The molecule has 1 aromatic heterocycles. The van der Waals surface area contributed by atoms with Gasteiger partial charge in [-0.05, 0) is 37.1 Å². The van der Waals surface area contributed by atoms with E-state index in [1.807, 2.05) is 6.92 Å². The average Bonchev–Trinajstić information content (AvgIpc) is 3.41. The maximum absolute atomic E-state index is 13.1. The molecular weight excluding hydrogens is 441 g/mol. The first-order valence-electron chi connectivity index (χ1n) is 10.1. The van der Waals surface area contributed by atoms with Crippen LogP contribution < -0.4 is 15.4 Å². The summed E-state index contributed by atoms with van der Waals surface area (Å²) in [5.74, 6) is -0.251. The van der Waals surface area contributed by atoms with Crippen LogP contribution in [0.5, 0.6) is 5.75 Å². The van der Waals surface area contributed by atoms with E-state index in [0.29, 0.717) is 16.7 Å². The first kappa shape index (κ1) is 22.4. The van der Waals surface area contributed by atoms with Crippen molar-refractivity contribution in [2.75, 3.05) is 18.7 Å². The van der Waals surface area contributed by atoms with Crippen LogP contribution in [0.15, 0.2) is 42.4 Å². The predicted octanol–water partition coefficient (Wildman–Crippen LogP) is 3.41. The molecule has 11 heteroatoms. The van der Waals surface area contributed by atoms with Crippen molar-refractivity contribution in [2.45, 2.75) is 32.6 Å². The lowest BCUT2D eigenvalue weighted by molar-refractivity contribution is -0.153. The second-order valence-electron chi connectivity index (χ2n) is 7.70. The van der Waals surface area contributed by atoms with Gasteiger partial charge in [0.2, 0.25) is 0 Å². The highest BCUT2D eigenvalue weighted by atomic mass is 19.4. The van der Waals surface area contributed by atoms with Gasteiger partial charge in [-0.1, -0.05) is 12.1 Å². The summed E-state index contributed by atoms with van der Waals surface area (Å²) in [6.07, 6.45) is -1.67. The third-order valence-electron chi connectivity index (χ3n) is 5.44. The van der Waals surface area contributed by atoms with Gasteiger partial charge in [-0.3, -0.25) is 9.59 Å². The van der Waals surface area contributed by atoms with Crippen molar-refractivity contribution >= 4 is 17.6 Å². The number of benzene rings is 1. The summed E-state index contributed by atoms with van der Waals surface area (Å²) in [5, 5.41) is 5.48. The van der Waals surface area contributed by atoms with Gasteiger partial charge in [0.1, 0.15) is 23.5 Å². The lowest BCUT2D eigenvalue weighted by atomic mass is 10.0. The second-order valence-corrected chi connectivity index (χ2v) is 7.70. The van der Waals surface area contributed by atoms with Gasteiger partial charge in [0, 0.05) is 17.3 Å². The number of halogens is 3. The molecule has 174 valence electrons. The van der Waals surface area contributed by atoms with Crippen LogP contribution in [-0.2, 0) is 16.1 Å². The molecule has 0 radical (unpaired) electrons. The predicted molar refractivity (Wildman–Crippen MR) is 111 cm³/mol. The van der Waals surface area contributed by atoms with Crippen LogP contribution in [0.2, 0.25) is 0 Å². The molecule has 2 aliphatic rings. The van der Waals surface area contributed by atoms with E-state index in [0.717, 1.165) is 5.56 Å². The quantitative estimate of drug-likeness (QED) is 0.684. The Labute approximate surface area is 187 Å². The smallest absolute Gasteiger partial charge is 0.422 e. The van der Waals surface area contributed by atoms with Crippen molar-refractivity contribution < 1.29 is 32.2 Å². The molecule has 1 aromatic carbocycles. The Bertz CT molecular complexity index is 1130. The molecule has 0 spiro atoms. The molecule has 33 heavy (non-hydrogen) atoms. The van der Waals surface area contributed by atoms with Crippen molar-refractivity contribution in [3.63, 3.8) is 0 Å². The number of carbonyl (C=O) groups is 2. The van der Waals surface area contributed by atoms with Crippen LogP contribution >= 0.6 is 0 Å². The van der Waals surface area contributed by atoms with Crippen molar-refractivity contribution in [3.05, 3.63) is 64.7 Å². The molecule has 0 saturated carbocycles. The van der Waals surface area contributed by atoms with Crippen LogP contribution in [0.1, 0.15) is 40.0 Å². The van der Waals surface area contributed by atoms with E-state index in [9.17, 15) is 22.8 Å². The van der Waals surface area contributed by atoms with Gasteiger partial charge in [0.15, 0.2) is 13.3 Å². The number of rotatable bonds is 6. The van der Waals surface area contributed by atoms with Gasteiger partial charge in [0.25, 0.3) is 11.8 Å². The number of hydrogen-bond acceptors (Lipinski definition) is 6. The minimum absolute atomic E-state index is 0.132. The summed E-state index contributed by atoms with van der Waals surface area (Å²) in [5.41, 5.74) is 2.54. The molecule has 0 fully saturated rings. The van der Waals surface area contributed by atoms with E-state index in [-0.39, 0.29) is 42.5 Å². The van der Waals surface area contributed by atoms with Crippen molar-refractivity contribution in [2.24, 2.45) is 0 Å². The van der Waals surface area contributed by atoms with Gasteiger partial charge in [-0.25, -0.2) is 4.98 Å². The number of carbonyl (C=O) groups excluding carboxylic acids is 2. The molecule has 2 aliphatic heterocycles. The highest BCUT2D eigenvalue weighted by molar-refractivity contribution is 6.05.